The molecule has 0 saturated heterocycles. The summed E-state index contributed by atoms with van der Waals surface area (Å²) in [6, 6.07) is 1.91. The maximum atomic E-state index is 5.94. The minimum atomic E-state index is -0.146. The summed E-state index contributed by atoms with van der Waals surface area (Å²) >= 11 is 6.84. The molecule has 2 aromatic rings. The maximum Gasteiger partial charge on any atom is 0.234 e. The van der Waals surface area contributed by atoms with E-state index in [4.69, 9.17) is 10.3 Å². The van der Waals surface area contributed by atoms with Crippen LogP contribution in [0.15, 0.2) is 25.7 Å². The second kappa shape index (κ2) is 5.54. The molecule has 7 heteroatoms. The molecule has 20 heavy (non-hydrogen) atoms. The number of aromatic nitrogens is 3. The molecule has 2 aromatic heterocycles. The van der Waals surface area contributed by atoms with Gasteiger partial charge in [0.1, 0.15) is 5.69 Å². The molecule has 106 valence electrons. The average molecular weight is 402 g/mol. The lowest BCUT2D eigenvalue weighted by molar-refractivity contribution is 0.284. The van der Waals surface area contributed by atoms with E-state index < -0.39 is 0 Å². The van der Waals surface area contributed by atoms with Crippen molar-refractivity contribution >= 4 is 31.9 Å². The largest absolute Gasteiger partial charge is 0.338 e. The number of hydrogen-bond acceptors (Lipinski definition) is 5. The van der Waals surface area contributed by atoms with E-state index in [1.54, 1.807) is 6.20 Å². The van der Waals surface area contributed by atoms with Crippen LogP contribution in [-0.2, 0) is 5.41 Å². The van der Waals surface area contributed by atoms with Crippen molar-refractivity contribution in [2.24, 2.45) is 5.73 Å². The van der Waals surface area contributed by atoms with E-state index in [0.29, 0.717) is 24.0 Å². The summed E-state index contributed by atoms with van der Waals surface area (Å²) in [7, 11) is 0. The molecule has 2 heterocycles. The normalized spacial score (nSPS) is 17.6. The summed E-state index contributed by atoms with van der Waals surface area (Å²) in [6.45, 7) is 0.545. The van der Waals surface area contributed by atoms with Crippen LogP contribution in [0.3, 0.4) is 0 Å². The summed E-state index contributed by atoms with van der Waals surface area (Å²) in [4.78, 5) is 8.86. The topological polar surface area (TPSA) is 77.8 Å². The third-order valence-corrected chi connectivity index (χ3v) is 4.89. The highest BCUT2D eigenvalue weighted by Crippen LogP contribution is 2.40. The SMILES string of the molecule is NCC1(c2nc(-c3ncc(Br)cc3Br)no2)CCCC1. The molecule has 0 amide bonds. The molecule has 0 spiro atoms. The van der Waals surface area contributed by atoms with Crippen molar-refractivity contribution < 1.29 is 4.52 Å². The van der Waals surface area contributed by atoms with E-state index in [9.17, 15) is 0 Å². The summed E-state index contributed by atoms with van der Waals surface area (Å²) in [5.41, 5.74) is 6.47. The highest BCUT2D eigenvalue weighted by Gasteiger charge is 2.39. The van der Waals surface area contributed by atoms with E-state index in [2.05, 4.69) is 47.0 Å². The van der Waals surface area contributed by atoms with Crippen LogP contribution in [0, 0.1) is 0 Å². The number of rotatable bonds is 3. The lowest BCUT2D eigenvalue weighted by Gasteiger charge is -2.21. The van der Waals surface area contributed by atoms with Gasteiger partial charge < -0.3 is 10.3 Å². The van der Waals surface area contributed by atoms with Gasteiger partial charge in [-0.1, -0.05) is 18.0 Å². The number of pyridine rings is 1. The smallest absolute Gasteiger partial charge is 0.234 e. The van der Waals surface area contributed by atoms with Crippen molar-refractivity contribution in [3.05, 3.63) is 27.1 Å². The van der Waals surface area contributed by atoms with Crippen molar-refractivity contribution in [3.63, 3.8) is 0 Å². The lowest BCUT2D eigenvalue weighted by Crippen LogP contribution is -2.32. The zero-order valence-corrected chi connectivity index (χ0v) is 13.9. The molecule has 1 aliphatic rings. The van der Waals surface area contributed by atoms with Gasteiger partial charge in [-0.15, -0.1) is 0 Å². The zero-order chi connectivity index (χ0) is 14.2. The fourth-order valence-electron chi connectivity index (χ4n) is 2.67. The second-order valence-corrected chi connectivity index (χ2v) is 6.87. The van der Waals surface area contributed by atoms with E-state index in [0.717, 1.165) is 34.6 Å². The molecule has 1 fully saturated rings. The van der Waals surface area contributed by atoms with E-state index in [1.165, 1.54) is 0 Å². The summed E-state index contributed by atoms with van der Waals surface area (Å²) < 4.78 is 7.19. The molecule has 0 aliphatic heterocycles. The molecular formula is C13H14Br2N4O. The van der Waals surface area contributed by atoms with Gasteiger partial charge in [0.2, 0.25) is 11.7 Å². The van der Waals surface area contributed by atoms with Gasteiger partial charge in [-0.05, 0) is 50.8 Å². The first-order chi connectivity index (χ1) is 9.64. The van der Waals surface area contributed by atoms with Crippen LogP contribution in [-0.4, -0.2) is 21.7 Å². The Morgan fingerprint density at radius 1 is 1.30 bits per heavy atom. The van der Waals surface area contributed by atoms with Gasteiger partial charge in [-0.3, -0.25) is 4.98 Å². The minimum Gasteiger partial charge on any atom is -0.338 e. The van der Waals surface area contributed by atoms with Gasteiger partial charge >= 0.3 is 0 Å². The number of hydrogen-bond donors (Lipinski definition) is 1. The van der Waals surface area contributed by atoms with Gasteiger partial charge in [-0.2, -0.15) is 4.98 Å². The van der Waals surface area contributed by atoms with Crippen LogP contribution in [0.2, 0.25) is 0 Å². The first-order valence-corrected chi connectivity index (χ1v) is 8.09. The quantitative estimate of drug-likeness (QED) is 0.852. The Morgan fingerprint density at radius 2 is 2.05 bits per heavy atom. The standard InChI is InChI=1S/C13H14Br2N4O/c14-8-5-9(15)10(17-6-8)11-18-12(20-19-11)13(7-16)3-1-2-4-13/h5-6H,1-4,7,16H2. The monoisotopic (exact) mass is 400 g/mol. The van der Waals surface area contributed by atoms with Gasteiger partial charge in [-0.25, -0.2) is 0 Å². The van der Waals surface area contributed by atoms with Crippen molar-refractivity contribution in [1.29, 1.82) is 0 Å². The summed E-state index contributed by atoms with van der Waals surface area (Å²) in [5, 5.41) is 4.07. The van der Waals surface area contributed by atoms with Crippen LogP contribution in [0.1, 0.15) is 31.6 Å². The third kappa shape index (κ3) is 2.42. The molecule has 0 bridgehead atoms. The van der Waals surface area contributed by atoms with Crippen LogP contribution < -0.4 is 5.73 Å². The molecule has 5 nitrogen and oxygen atoms in total. The summed E-state index contributed by atoms with van der Waals surface area (Å²) in [6.07, 6.45) is 6.06. The third-order valence-electron chi connectivity index (χ3n) is 3.85. The Kier molecular flexibility index (Phi) is 3.92. The second-order valence-electron chi connectivity index (χ2n) is 5.10. The fraction of sp³-hybridized carbons (Fsp3) is 0.462. The molecule has 0 aromatic carbocycles. The predicted molar refractivity (Wildman–Crippen MR) is 82.1 cm³/mol. The number of nitrogens with zero attached hydrogens (tertiary/aromatic N) is 3. The Balaban J connectivity index is 1.97. The van der Waals surface area contributed by atoms with Gasteiger partial charge in [0.05, 0.1) is 5.41 Å². The Bertz CT molecular complexity index is 623. The van der Waals surface area contributed by atoms with Crippen molar-refractivity contribution in [2.75, 3.05) is 6.54 Å². The summed E-state index contributed by atoms with van der Waals surface area (Å²) in [5.74, 6) is 1.14. The Morgan fingerprint density at radius 3 is 2.70 bits per heavy atom. The van der Waals surface area contributed by atoms with Crippen LogP contribution in [0.5, 0.6) is 0 Å². The predicted octanol–water partition coefficient (Wildman–Crippen LogP) is 3.43. The fourth-order valence-corrected chi connectivity index (χ4v) is 3.84. The van der Waals surface area contributed by atoms with E-state index >= 15 is 0 Å². The van der Waals surface area contributed by atoms with Crippen LogP contribution >= 0.6 is 31.9 Å². The molecule has 0 unspecified atom stereocenters. The van der Waals surface area contributed by atoms with Gasteiger partial charge in [0.15, 0.2) is 0 Å². The van der Waals surface area contributed by atoms with Crippen LogP contribution in [0.25, 0.3) is 11.5 Å². The van der Waals surface area contributed by atoms with Crippen molar-refractivity contribution in [3.8, 4) is 11.5 Å². The first kappa shape index (κ1) is 14.2. The van der Waals surface area contributed by atoms with Crippen molar-refractivity contribution in [2.45, 2.75) is 31.1 Å². The average Bonchev–Trinajstić information content (AvgIpc) is 3.08. The molecule has 2 N–H and O–H groups in total. The zero-order valence-electron chi connectivity index (χ0n) is 10.8. The number of halogens is 2. The molecule has 0 radical (unpaired) electrons. The minimum absolute atomic E-state index is 0.146. The van der Waals surface area contributed by atoms with Crippen molar-refractivity contribution in [1.82, 2.24) is 15.1 Å². The van der Waals surface area contributed by atoms with Crippen LogP contribution in [0.4, 0.5) is 0 Å². The maximum absolute atomic E-state index is 5.94. The molecule has 1 aliphatic carbocycles. The molecule has 0 atom stereocenters. The molecule has 3 rings (SSSR count). The highest BCUT2D eigenvalue weighted by atomic mass is 79.9. The number of nitrogens with two attached hydrogens (primary N) is 1. The van der Waals surface area contributed by atoms with Gasteiger partial charge in [0.25, 0.3) is 0 Å². The first-order valence-electron chi connectivity index (χ1n) is 6.50. The lowest BCUT2D eigenvalue weighted by atomic mass is 9.86. The Hall–Kier alpha value is -0.790. The van der Waals surface area contributed by atoms with Gasteiger partial charge in [0, 0.05) is 21.7 Å². The highest BCUT2D eigenvalue weighted by molar-refractivity contribution is 9.11. The Labute approximate surface area is 133 Å². The molecular weight excluding hydrogens is 388 g/mol. The molecule has 1 saturated carbocycles. The van der Waals surface area contributed by atoms with E-state index in [-0.39, 0.29) is 5.41 Å². The van der Waals surface area contributed by atoms with E-state index in [1.807, 2.05) is 6.07 Å².